The summed E-state index contributed by atoms with van der Waals surface area (Å²) in [5.74, 6) is -0.188. The van der Waals surface area contributed by atoms with E-state index in [2.05, 4.69) is 25.8 Å². The molecule has 1 saturated heterocycles. The maximum absolute atomic E-state index is 13.6. The van der Waals surface area contributed by atoms with Crippen molar-refractivity contribution in [3.63, 3.8) is 0 Å². The normalized spacial score (nSPS) is 14.6. The number of hydrogen-bond acceptors (Lipinski definition) is 4. The Labute approximate surface area is 247 Å². The van der Waals surface area contributed by atoms with Crippen molar-refractivity contribution in [1.29, 1.82) is 0 Å². The number of rotatable bonds is 6. The summed E-state index contributed by atoms with van der Waals surface area (Å²) in [5, 5.41) is 2.75. The van der Waals surface area contributed by atoms with Gasteiger partial charge in [0.25, 0.3) is 11.8 Å². The summed E-state index contributed by atoms with van der Waals surface area (Å²) in [5.41, 5.74) is 7.35. The monoisotopic (exact) mass is 613 g/mol. The molecule has 0 atom stereocenters. The molecule has 1 fully saturated rings. The Kier molecular flexibility index (Phi) is 7.74. The highest BCUT2D eigenvalue weighted by molar-refractivity contribution is 9.10. The van der Waals surface area contributed by atoms with Crippen LogP contribution in [-0.4, -0.2) is 21.5 Å². The standard InChI is InChI=1S/C32H28BrN3O3S/c1-19-13-20(2)15-27(14-19)36-31(38)29(30(37)34-32(36)40)17-24-16-21(3)35(22(24)4)26-9-11-28(12-10-26)39-18-23-5-7-25(33)8-6-23/h5-17H,18H2,1-4H3,(H,34,37,40)/b29-17+. The molecule has 3 aromatic carbocycles. The second-order valence-corrected chi connectivity index (χ2v) is 11.2. The highest BCUT2D eigenvalue weighted by Crippen LogP contribution is 2.28. The molecule has 1 aliphatic rings. The van der Waals surface area contributed by atoms with Crippen molar-refractivity contribution in [1.82, 2.24) is 9.88 Å². The van der Waals surface area contributed by atoms with Crippen molar-refractivity contribution >= 4 is 56.8 Å². The Morgan fingerprint density at radius 2 is 1.52 bits per heavy atom. The lowest BCUT2D eigenvalue weighted by Gasteiger charge is -2.29. The van der Waals surface area contributed by atoms with Crippen LogP contribution >= 0.6 is 28.1 Å². The predicted octanol–water partition coefficient (Wildman–Crippen LogP) is 6.88. The average Bonchev–Trinajstić information content (AvgIpc) is 3.18. The van der Waals surface area contributed by atoms with Crippen LogP contribution in [0.5, 0.6) is 5.75 Å². The lowest BCUT2D eigenvalue weighted by Crippen LogP contribution is -2.54. The van der Waals surface area contributed by atoms with Crippen LogP contribution in [0.15, 0.2) is 82.8 Å². The highest BCUT2D eigenvalue weighted by atomic mass is 79.9. The SMILES string of the molecule is Cc1cc(C)cc(N2C(=O)/C(=C/c3cc(C)n(-c4ccc(OCc5ccc(Br)cc5)cc4)c3C)C(=O)NC2=S)c1. The van der Waals surface area contributed by atoms with Gasteiger partial charge in [-0.05, 0) is 123 Å². The zero-order chi connectivity index (χ0) is 28.6. The Balaban J connectivity index is 1.40. The minimum absolute atomic E-state index is 0.0321. The van der Waals surface area contributed by atoms with Crippen molar-refractivity contribution in [2.75, 3.05) is 4.90 Å². The third kappa shape index (κ3) is 5.64. The fourth-order valence-electron chi connectivity index (χ4n) is 4.90. The third-order valence-electron chi connectivity index (χ3n) is 6.75. The fraction of sp³-hybridized carbons (Fsp3) is 0.156. The molecule has 6 nitrogen and oxygen atoms in total. The summed E-state index contributed by atoms with van der Waals surface area (Å²) >= 11 is 8.82. The average molecular weight is 615 g/mol. The smallest absolute Gasteiger partial charge is 0.270 e. The molecular weight excluding hydrogens is 586 g/mol. The van der Waals surface area contributed by atoms with Crippen molar-refractivity contribution in [2.45, 2.75) is 34.3 Å². The van der Waals surface area contributed by atoms with Gasteiger partial charge >= 0.3 is 0 Å². The van der Waals surface area contributed by atoms with Crippen LogP contribution < -0.4 is 15.0 Å². The van der Waals surface area contributed by atoms with Gasteiger partial charge in [0.1, 0.15) is 17.9 Å². The first-order valence-corrected chi connectivity index (χ1v) is 14.0. The Bertz CT molecular complexity index is 1650. The maximum atomic E-state index is 13.6. The minimum atomic E-state index is -0.507. The largest absolute Gasteiger partial charge is 0.489 e. The van der Waals surface area contributed by atoms with Gasteiger partial charge < -0.3 is 9.30 Å². The first kappa shape index (κ1) is 27.6. The number of halogens is 1. The van der Waals surface area contributed by atoms with E-state index in [4.69, 9.17) is 17.0 Å². The molecule has 202 valence electrons. The van der Waals surface area contributed by atoms with E-state index in [9.17, 15) is 9.59 Å². The van der Waals surface area contributed by atoms with Gasteiger partial charge in [-0.25, -0.2) is 0 Å². The zero-order valence-electron chi connectivity index (χ0n) is 22.6. The van der Waals surface area contributed by atoms with Crippen molar-refractivity contribution in [3.05, 3.63) is 116 Å². The number of ether oxygens (including phenoxy) is 1. The van der Waals surface area contributed by atoms with E-state index in [-0.39, 0.29) is 10.7 Å². The lowest BCUT2D eigenvalue weighted by molar-refractivity contribution is -0.122. The van der Waals surface area contributed by atoms with E-state index in [0.717, 1.165) is 49.6 Å². The van der Waals surface area contributed by atoms with E-state index in [1.807, 2.05) is 100 Å². The van der Waals surface area contributed by atoms with Gasteiger partial charge in [-0.2, -0.15) is 0 Å². The van der Waals surface area contributed by atoms with Gasteiger partial charge in [0.2, 0.25) is 0 Å². The summed E-state index contributed by atoms with van der Waals surface area (Å²) < 4.78 is 9.07. The number of carbonyl (C=O) groups is 2. The van der Waals surface area contributed by atoms with Crippen molar-refractivity contribution in [3.8, 4) is 11.4 Å². The number of nitrogens with one attached hydrogen (secondary N) is 1. The molecule has 8 heteroatoms. The van der Waals surface area contributed by atoms with Crippen LogP contribution in [0.1, 0.15) is 33.6 Å². The number of hydrogen-bond donors (Lipinski definition) is 1. The molecule has 0 radical (unpaired) electrons. The van der Waals surface area contributed by atoms with E-state index >= 15 is 0 Å². The number of amides is 2. The van der Waals surface area contributed by atoms with Crippen LogP contribution in [0.25, 0.3) is 11.8 Å². The van der Waals surface area contributed by atoms with E-state index in [1.165, 1.54) is 4.90 Å². The van der Waals surface area contributed by atoms with Crippen LogP contribution in [-0.2, 0) is 16.2 Å². The molecule has 4 aromatic rings. The molecule has 5 rings (SSSR count). The van der Waals surface area contributed by atoms with E-state index in [0.29, 0.717) is 12.3 Å². The Morgan fingerprint density at radius 3 is 2.17 bits per heavy atom. The van der Waals surface area contributed by atoms with Crippen LogP contribution in [0.2, 0.25) is 0 Å². The number of carbonyl (C=O) groups excluding carboxylic acids is 2. The highest BCUT2D eigenvalue weighted by Gasteiger charge is 2.35. The summed E-state index contributed by atoms with van der Waals surface area (Å²) in [6.45, 7) is 8.35. The van der Waals surface area contributed by atoms with Crippen LogP contribution in [0, 0.1) is 27.7 Å². The van der Waals surface area contributed by atoms with Gasteiger partial charge in [0.05, 0.1) is 5.69 Å². The van der Waals surface area contributed by atoms with E-state index in [1.54, 1.807) is 6.08 Å². The fourth-order valence-corrected chi connectivity index (χ4v) is 5.44. The summed E-state index contributed by atoms with van der Waals surface area (Å²) in [6, 6.07) is 23.6. The van der Waals surface area contributed by atoms with Crippen LogP contribution in [0.4, 0.5) is 5.69 Å². The number of thiocarbonyl (C=S) groups is 1. The van der Waals surface area contributed by atoms with Crippen LogP contribution in [0.3, 0.4) is 0 Å². The van der Waals surface area contributed by atoms with Gasteiger partial charge in [-0.1, -0.05) is 34.1 Å². The first-order chi connectivity index (χ1) is 19.1. The quantitative estimate of drug-likeness (QED) is 0.146. The Morgan fingerprint density at radius 1 is 0.875 bits per heavy atom. The molecule has 2 amide bonds. The summed E-state index contributed by atoms with van der Waals surface area (Å²) in [6.07, 6.45) is 1.64. The molecule has 40 heavy (non-hydrogen) atoms. The lowest BCUT2D eigenvalue weighted by atomic mass is 10.1. The van der Waals surface area contributed by atoms with Gasteiger partial charge in [0.15, 0.2) is 5.11 Å². The number of nitrogens with zero attached hydrogens (tertiary/aromatic N) is 2. The number of aryl methyl sites for hydroxylation is 3. The summed E-state index contributed by atoms with van der Waals surface area (Å²) in [4.78, 5) is 27.8. The molecule has 1 aromatic heterocycles. The molecule has 0 spiro atoms. The van der Waals surface area contributed by atoms with Crippen molar-refractivity contribution in [2.24, 2.45) is 0 Å². The second-order valence-electron chi connectivity index (χ2n) is 9.87. The van der Waals surface area contributed by atoms with Gasteiger partial charge in [-0.3, -0.25) is 19.8 Å². The molecular formula is C32H28BrN3O3S. The minimum Gasteiger partial charge on any atom is -0.489 e. The zero-order valence-corrected chi connectivity index (χ0v) is 25.0. The molecule has 1 N–H and O–H groups in total. The third-order valence-corrected chi connectivity index (χ3v) is 7.56. The number of aromatic nitrogens is 1. The van der Waals surface area contributed by atoms with Gasteiger partial charge in [0, 0.05) is 21.5 Å². The topological polar surface area (TPSA) is 63.6 Å². The molecule has 0 unspecified atom stereocenters. The number of anilines is 1. The summed E-state index contributed by atoms with van der Waals surface area (Å²) in [7, 11) is 0. The molecule has 0 saturated carbocycles. The first-order valence-electron chi connectivity index (χ1n) is 12.8. The number of benzene rings is 3. The van der Waals surface area contributed by atoms with Crippen molar-refractivity contribution < 1.29 is 14.3 Å². The molecule has 1 aliphatic heterocycles. The maximum Gasteiger partial charge on any atom is 0.270 e. The molecule has 2 heterocycles. The predicted molar refractivity (Wildman–Crippen MR) is 166 cm³/mol. The van der Waals surface area contributed by atoms with E-state index < -0.39 is 11.8 Å². The second kappa shape index (κ2) is 11.2. The molecule has 0 bridgehead atoms. The molecule has 0 aliphatic carbocycles. The van der Waals surface area contributed by atoms with Gasteiger partial charge in [-0.15, -0.1) is 0 Å². The Hall–Kier alpha value is -4.01.